The van der Waals surface area contributed by atoms with Crippen LogP contribution in [-0.4, -0.2) is 107 Å². The molecule has 0 unspecified atom stereocenters. The van der Waals surface area contributed by atoms with E-state index in [1.54, 1.807) is 17.0 Å². The highest BCUT2D eigenvalue weighted by Gasteiger charge is 2.57. The monoisotopic (exact) mass is 1300 g/mol. The fourth-order valence-corrected chi connectivity index (χ4v) is 13.0. The fraction of sp³-hybridized carbons (Fsp3) is 0.375. The van der Waals surface area contributed by atoms with Gasteiger partial charge in [-0.25, -0.2) is 9.59 Å². The minimum Gasteiger partial charge on any atom is -0.450 e. The summed E-state index contributed by atoms with van der Waals surface area (Å²) in [5.41, 5.74) is 7.19. The van der Waals surface area contributed by atoms with E-state index < -0.39 is 75.5 Å². The molecular formula is C80H93NO13Si. The standard InChI is InChI=1S/C80H93NO13Si/c1-80(2,3)95(4,5)94-74-72(88-56-65-43-25-11-26-44-65)69(58-84-53-62-37-19-8-20-38-62)91-78(75(74)92-76(82)67-47-29-13-30-48-67)93-73-70(59-85-54-63-39-21-9-22-40-63)90-77(68(51-60-33-15-6-16-34-60)71(73)87-55-64-41-23-10-24-42-64)86-50-32-14-31-49-81(52-61-35-17-7-18-36-61)79(83)89-57-66-45-27-12-28-46-66/h6-13,15-30,33-48,68-75,77-78H,14,31-32,49-59H2,1-5H3/t68-,69-,70-,71-,72+,73-,74+,75-,77-,78+/m1/s1. The maximum absolute atomic E-state index is 14.9. The summed E-state index contributed by atoms with van der Waals surface area (Å²) in [6.07, 6.45) is -6.30. The van der Waals surface area contributed by atoms with Crippen LogP contribution >= 0.6 is 0 Å². The molecule has 0 radical (unpaired) electrons. The zero-order valence-corrected chi connectivity index (χ0v) is 56.5. The highest BCUT2D eigenvalue weighted by Crippen LogP contribution is 2.43. The molecule has 0 spiro atoms. The summed E-state index contributed by atoms with van der Waals surface area (Å²) in [6, 6.07) is 79.0. The fourth-order valence-electron chi connectivity index (χ4n) is 11.7. The van der Waals surface area contributed by atoms with Gasteiger partial charge >= 0.3 is 12.1 Å². The molecule has 0 aromatic heterocycles. The molecule has 8 aromatic rings. The molecule has 2 saturated heterocycles. The number of esters is 1. The van der Waals surface area contributed by atoms with Crippen LogP contribution in [0.15, 0.2) is 243 Å². The Hall–Kier alpha value is -7.64. The van der Waals surface area contributed by atoms with Crippen molar-refractivity contribution in [2.45, 2.75) is 159 Å². The number of unbranched alkanes of at least 4 members (excludes halogenated alkanes) is 2. The van der Waals surface area contributed by atoms with Crippen molar-refractivity contribution in [3.05, 3.63) is 287 Å². The Morgan fingerprint density at radius 3 is 1.38 bits per heavy atom. The van der Waals surface area contributed by atoms with Gasteiger partial charge < -0.3 is 56.7 Å². The molecule has 14 nitrogen and oxygen atoms in total. The highest BCUT2D eigenvalue weighted by molar-refractivity contribution is 6.74. The molecule has 2 aliphatic rings. The maximum atomic E-state index is 14.9. The summed E-state index contributed by atoms with van der Waals surface area (Å²) in [6.45, 7) is 13.5. The van der Waals surface area contributed by atoms with Crippen molar-refractivity contribution >= 4 is 20.4 Å². The highest BCUT2D eigenvalue weighted by atomic mass is 28.4. The lowest BCUT2D eigenvalue weighted by molar-refractivity contribution is -0.360. The Kier molecular flexibility index (Phi) is 26.5. The van der Waals surface area contributed by atoms with E-state index in [0.29, 0.717) is 51.1 Å². The first-order chi connectivity index (χ1) is 46.3. The molecule has 0 bridgehead atoms. The molecule has 15 heteroatoms. The van der Waals surface area contributed by atoms with Gasteiger partial charge in [0.15, 0.2) is 27.0 Å². The molecule has 0 saturated carbocycles. The second-order valence-electron chi connectivity index (χ2n) is 26.0. The topological polar surface area (TPSA) is 139 Å². The Balaban J connectivity index is 1.00. The molecule has 2 aliphatic heterocycles. The van der Waals surface area contributed by atoms with Gasteiger partial charge in [0.05, 0.1) is 51.3 Å². The van der Waals surface area contributed by atoms with E-state index in [1.165, 1.54) is 0 Å². The van der Waals surface area contributed by atoms with E-state index in [0.717, 1.165) is 45.4 Å². The second-order valence-corrected chi connectivity index (χ2v) is 30.8. The summed E-state index contributed by atoms with van der Waals surface area (Å²) in [4.78, 5) is 30.5. The number of hydrogen-bond acceptors (Lipinski definition) is 13. The molecule has 95 heavy (non-hydrogen) atoms. The zero-order valence-electron chi connectivity index (χ0n) is 55.5. The molecule has 0 aliphatic carbocycles. The number of nitrogens with zero attached hydrogens (tertiary/aromatic N) is 1. The molecule has 500 valence electrons. The summed E-state index contributed by atoms with van der Waals surface area (Å²) in [7, 11) is -2.80. The van der Waals surface area contributed by atoms with Gasteiger partial charge in [0, 0.05) is 25.6 Å². The van der Waals surface area contributed by atoms with Gasteiger partial charge in [0.25, 0.3) is 0 Å². The normalized spacial score (nSPS) is 21.4. The summed E-state index contributed by atoms with van der Waals surface area (Å²) in [5, 5.41) is -0.299. The smallest absolute Gasteiger partial charge is 0.410 e. The van der Waals surface area contributed by atoms with E-state index >= 15 is 0 Å². The minimum atomic E-state index is -2.80. The van der Waals surface area contributed by atoms with Crippen LogP contribution in [0, 0.1) is 5.92 Å². The lowest BCUT2D eigenvalue weighted by Gasteiger charge is -2.52. The second kappa shape index (κ2) is 35.9. The van der Waals surface area contributed by atoms with E-state index in [1.807, 2.05) is 218 Å². The van der Waals surface area contributed by atoms with E-state index in [2.05, 4.69) is 46.0 Å². The number of ether oxygens (including phenoxy) is 10. The van der Waals surface area contributed by atoms with Gasteiger partial charge in [-0.2, -0.15) is 0 Å². The molecule has 2 heterocycles. The third kappa shape index (κ3) is 21.2. The van der Waals surface area contributed by atoms with Crippen LogP contribution in [0.3, 0.4) is 0 Å². The van der Waals surface area contributed by atoms with Crippen LogP contribution in [-0.2, 0) is 97.8 Å². The van der Waals surface area contributed by atoms with Crippen molar-refractivity contribution in [1.82, 2.24) is 4.90 Å². The van der Waals surface area contributed by atoms with Crippen LogP contribution in [0.4, 0.5) is 4.79 Å². The van der Waals surface area contributed by atoms with Gasteiger partial charge in [-0.1, -0.05) is 251 Å². The molecule has 2 fully saturated rings. The minimum absolute atomic E-state index is 0.0534. The average molecular weight is 1300 g/mol. The van der Waals surface area contributed by atoms with Gasteiger partial charge in [-0.15, -0.1) is 0 Å². The zero-order chi connectivity index (χ0) is 66.1. The first-order valence-corrected chi connectivity index (χ1v) is 36.3. The van der Waals surface area contributed by atoms with Gasteiger partial charge in [0.1, 0.15) is 37.1 Å². The van der Waals surface area contributed by atoms with Crippen molar-refractivity contribution in [1.29, 1.82) is 0 Å². The number of carbonyl (C=O) groups excluding carboxylic acids is 2. The van der Waals surface area contributed by atoms with Crippen molar-refractivity contribution in [3.63, 3.8) is 0 Å². The van der Waals surface area contributed by atoms with Crippen molar-refractivity contribution in [2.24, 2.45) is 5.92 Å². The molecule has 10 atom stereocenters. The third-order valence-electron chi connectivity index (χ3n) is 17.8. The molecular weight excluding hydrogens is 1210 g/mol. The quantitative estimate of drug-likeness (QED) is 0.0219. The molecule has 0 N–H and O–H groups in total. The Morgan fingerprint density at radius 2 is 0.874 bits per heavy atom. The van der Waals surface area contributed by atoms with E-state index in [4.69, 9.17) is 51.8 Å². The number of carbonyl (C=O) groups is 2. The summed E-state index contributed by atoms with van der Waals surface area (Å²) >= 11 is 0. The number of amides is 1. The molecule has 10 rings (SSSR count). The lowest BCUT2D eigenvalue weighted by atomic mass is 9.85. The first kappa shape index (κ1) is 70.2. The largest absolute Gasteiger partial charge is 0.450 e. The van der Waals surface area contributed by atoms with Crippen molar-refractivity contribution < 1.29 is 61.4 Å². The Bertz CT molecular complexity index is 3470. The van der Waals surface area contributed by atoms with Gasteiger partial charge in [-0.3, -0.25) is 0 Å². The SMILES string of the molecule is CC(C)(C)[Si](C)(C)O[C@H]1[C@@H](OCc2ccccc2)[C@@H](COCc2ccccc2)O[C@@H](O[C@H]2[C@H](OCc3ccccc3)[C@@H](Cc3ccccc3)[C@H](OCCCCCN(Cc3ccccc3)C(=O)OCc3ccccc3)O[C@@H]2COCc2ccccc2)[C@@H]1OC(=O)c1ccccc1. The predicted molar refractivity (Wildman–Crippen MR) is 369 cm³/mol. The van der Waals surface area contributed by atoms with E-state index in [-0.39, 0.29) is 50.8 Å². The number of hydrogen-bond donors (Lipinski definition) is 0. The first-order valence-electron chi connectivity index (χ1n) is 33.4. The Labute approximate surface area is 562 Å². The summed E-state index contributed by atoms with van der Waals surface area (Å²) in [5.74, 6) is -1.07. The number of benzene rings is 8. The van der Waals surface area contributed by atoms with Crippen LogP contribution < -0.4 is 0 Å². The lowest BCUT2D eigenvalue weighted by Crippen LogP contribution is -2.67. The third-order valence-corrected chi connectivity index (χ3v) is 22.3. The summed E-state index contributed by atoms with van der Waals surface area (Å²) < 4.78 is 77.8. The van der Waals surface area contributed by atoms with Crippen molar-refractivity contribution in [2.75, 3.05) is 26.4 Å². The maximum Gasteiger partial charge on any atom is 0.410 e. The molecule has 8 aromatic carbocycles. The molecule has 1 amide bonds. The average Bonchev–Trinajstić information content (AvgIpc) is 0.766. The number of rotatable bonds is 33. The van der Waals surface area contributed by atoms with Crippen LogP contribution in [0.25, 0.3) is 0 Å². The van der Waals surface area contributed by atoms with Crippen LogP contribution in [0.1, 0.15) is 89.3 Å². The predicted octanol–water partition coefficient (Wildman–Crippen LogP) is 15.9. The Morgan fingerprint density at radius 1 is 0.442 bits per heavy atom. The van der Waals surface area contributed by atoms with Crippen molar-refractivity contribution in [3.8, 4) is 0 Å². The van der Waals surface area contributed by atoms with Gasteiger partial charge in [-0.05, 0) is 94.9 Å². The van der Waals surface area contributed by atoms with Crippen LogP contribution in [0.5, 0.6) is 0 Å². The van der Waals surface area contributed by atoms with E-state index in [9.17, 15) is 9.59 Å². The van der Waals surface area contributed by atoms with Crippen LogP contribution in [0.2, 0.25) is 18.1 Å². The van der Waals surface area contributed by atoms with Gasteiger partial charge in [0.2, 0.25) is 0 Å².